The van der Waals surface area contributed by atoms with Gasteiger partial charge in [-0.05, 0) is 18.2 Å². The van der Waals surface area contributed by atoms with Crippen LogP contribution in [0.25, 0.3) is 0 Å². The highest BCUT2D eigenvalue weighted by molar-refractivity contribution is 7.99. The summed E-state index contributed by atoms with van der Waals surface area (Å²) in [7, 11) is 0. The lowest BCUT2D eigenvalue weighted by Crippen LogP contribution is -2.08. The van der Waals surface area contributed by atoms with Crippen molar-refractivity contribution in [2.45, 2.75) is 17.5 Å². The molecule has 0 fully saturated rings. The normalized spacial score (nSPS) is 11.5. The van der Waals surface area contributed by atoms with Gasteiger partial charge in [-0.3, -0.25) is 0 Å². The SMILES string of the molecule is O=C(O)c1ccc(F)c(SCCC(F)(F)F)c1. The van der Waals surface area contributed by atoms with E-state index < -0.39 is 24.4 Å². The van der Waals surface area contributed by atoms with Crippen LogP contribution in [-0.4, -0.2) is 23.0 Å². The Bertz CT molecular complexity index is 417. The van der Waals surface area contributed by atoms with Crippen LogP contribution < -0.4 is 0 Å². The van der Waals surface area contributed by atoms with Crippen LogP contribution in [0, 0.1) is 5.82 Å². The highest BCUT2D eigenvalue weighted by Crippen LogP contribution is 2.28. The van der Waals surface area contributed by atoms with Crippen LogP contribution in [0.5, 0.6) is 0 Å². The van der Waals surface area contributed by atoms with E-state index in [1.165, 1.54) is 0 Å². The van der Waals surface area contributed by atoms with Crippen molar-refractivity contribution in [2.75, 3.05) is 5.75 Å². The van der Waals surface area contributed by atoms with Crippen LogP contribution in [0.3, 0.4) is 0 Å². The van der Waals surface area contributed by atoms with Crippen LogP contribution in [0.4, 0.5) is 17.6 Å². The standard InChI is InChI=1S/C10H8F4O2S/c11-7-2-1-6(9(15)16)5-8(7)17-4-3-10(12,13)14/h1-2,5H,3-4H2,(H,15,16). The topological polar surface area (TPSA) is 37.3 Å². The van der Waals surface area contributed by atoms with Gasteiger partial charge in [-0.2, -0.15) is 13.2 Å². The second-order valence-corrected chi connectivity index (χ2v) is 4.30. The molecule has 17 heavy (non-hydrogen) atoms. The zero-order chi connectivity index (χ0) is 13.1. The van der Waals surface area contributed by atoms with Gasteiger partial charge in [0.15, 0.2) is 0 Å². The Morgan fingerprint density at radius 2 is 2.00 bits per heavy atom. The number of hydrogen-bond acceptors (Lipinski definition) is 2. The molecule has 0 unspecified atom stereocenters. The predicted octanol–water partition coefficient (Wildman–Crippen LogP) is 3.57. The van der Waals surface area contributed by atoms with Crippen LogP contribution in [0.15, 0.2) is 23.1 Å². The second kappa shape index (κ2) is 5.39. The molecule has 1 aromatic carbocycles. The summed E-state index contributed by atoms with van der Waals surface area (Å²) in [6, 6.07) is 3.02. The summed E-state index contributed by atoms with van der Waals surface area (Å²) in [6.07, 6.45) is -5.34. The molecular formula is C10H8F4O2S. The number of aromatic carboxylic acids is 1. The van der Waals surface area contributed by atoms with Crippen LogP contribution in [-0.2, 0) is 0 Å². The maximum atomic E-state index is 13.2. The van der Waals surface area contributed by atoms with Crippen molar-refractivity contribution in [3.05, 3.63) is 29.6 Å². The van der Waals surface area contributed by atoms with Crippen molar-refractivity contribution in [3.8, 4) is 0 Å². The molecule has 0 saturated heterocycles. The molecule has 0 amide bonds. The van der Waals surface area contributed by atoms with Crippen molar-refractivity contribution in [3.63, 3.8) is 0 Å². The summed E-state index contributed by atoms with van der Waals surface area (Å²) in [5.74, 6) is -2.31. The molecule has 1 aromatic rings. The summed E-state index contributed by atoms with van der Waals surface area (Å²) in [6.45, 7) is 0. The molecule has 1 N–H and O–H groups in total. The van der Waals surface area contributed by atoms with Gasteiger partial charge in [0.2, 0.25) is 0 Å². The first-order chi connectivity index (χ1) is 7.79. The number of benzene rings is 1. The first-order valence-electron chi connectivity index (χ1n) is 4.52. The van der Waals surface area contributed by atoms with Crippen molar-refractivity contribution >= 4 is 17.7 Å². The summed E-state index contributed by atoms with van der Waals surface area (Å²) in [5, 5.41) is 8.64. The third-order valence-electron chi connectivity index (χ3n) is 1.82. The van der Waals surface area contributed by atoms with E-state index in [2.05, 4.69) is 0 Å². The minimum Gasteiger partial charge on any atom is -0.478 e. The van der Waals surface area contributed by atoms with E-state index in [9.17, 15) is 22.4 Å². The molecule has 0 saturated carbocycles. The van der Waals surface area contributed by atoms with Crippen LogP contribution >= 0.6 is 11.8 Å². The van der Waals surface area contributed by atoms with E-state index in [-0.39, 0.29) is 16.2 Å². The Hall–Kier alpha value is -1.24. The van der Waals surface area contributed by atoms with E-state index >= 15 is 0 Å². The lowest BCUT2D eigenvalue weighted by molar-refractivity contribution is -0.129. The molecule has 0 radical (unpaired) electrons. The number of carboxylic acids is 1. The summed E-state index contributed by atoms with van der Waals surface area (Å²) in [4.78, 5) is 10.5. The monoisotopic (exact) mass is 268 g/mol. The molecule has 0 atom stereocenters. The van der Waals surface area contributed by atoms with E-state index in [1.54, 1.807) is 0 Å². The molecule has 94 valence electrons. The molecule has 0 spiro atoms. The van der Waals surface area contributed by atoms with E-state index in [4.69, 9.17) is 5.11 Å². The van der Waals surface area contributed by atoms with Gasteiger partial charge in [0, 0.05) is 10.6 Å². The molecule has 2 nitrogen and oxygen atoms in total. The molecule has 0 heterocycles. The highest BCUT2D eigenvalue weighted by Gasteiger charge is 2.26. The molecule has 0 bridgehead atoms. The fourth-order valence-electron chi connectivity index (χ4n) is 1.02. The molecule has 0 aliphatic carbocycles. The van der Waals surface area contributed by atoms with Crippen molar-refractivity contribution in [2.24, 2.45) is 0 Å². The number of alkyl halides is 3. The molecule has 7 heteroatoms. The predicted molar refractivity (Wildman–Crippen MR) is 54.8 cm³/mol. The summed E-state index contributed by atoms with van der Waals surface area (Å²) in [5.41, 5.74) is -0.152. The fraction of sp³-hybridized carbons (Fsp3) is 0.300. The molecular weight excluding hydrogens is 260 g/mol. The van der Waals surface area contributed by atoms with Gasteiger partial charge in [0.1, 0.15) is 5.82 Å². The molecule has 0 aliphatic rings. The first kappa shape index (κ1) is 13.8. The minimum absolute atomic E-state index is 0.0887. The molecule has 1 rings (SSSR count). The van der Waals surface area contributed by atoms with E-state index in [1.807, 2.05) is 0 Å². The number of carboxylic acid groups (broad SMARTS) is 1. The summed E-state index contributed by atoms with van der Waals surface area (Å²) < 4.78 is 48.8. The van der Waals surface area contributed by atoms with Crippen molar-refractivity contribution in [1.82, 2.24) is 0 Å². The Labute approximate surface area is 98.6 Å². The van der Waals surface area contributed by atoms with Gasteiger partial charge in [0.25, 0.3) is 0 Å². The van der Waals surface area contributed by atoms with Gasteiger partial charge in [-0.1, -0.05) is 0 Å². The zero-order valence-corrected chi connectivity index (χ0v) is 9.24. The first-order valence-corrected chi connectivity index (χ1v) is 5.50. The van der Waals surface area contributed by atoms with Crippen molar-refractivity contribution < 1.29 is 27.5 Å². The maximum Gasteiger partial charge on any atom is 0.389 e. The third kappa shape index (κ3) is 4.64. The van der Waals surface area contributed by atoms with Gasteiger partial charge in [-0.25, -0.2) is 9.18 Å². The van der Waals surface area contributed by atoms with Gasteiger partial charge in [0.05, 0.1) is 12.0 Å². The Kier molecular flexibility index (Phi) is 4.39. The maximum absolute atomic E-state index is 13.2. The van der Waals surface area contributed by atoms with Crippen LogP contribution in [0.2, 0.25) is 0 Å². The quantitative estimate of drug-likeness (QED) is 0.670. The number of rotatable bonds is 4. The highest BCUT2D eigenvalue weighted by atomic mass is 32.2. The Morgan fingerprint density at radius 1 is 1.35 bits per heavy atom. The number of carbonyl (C=O) groups is 1. The molecule has 0 aliphatic heterocycles. The smallest absolute Gasteiger partial charge is 0.389 e. The third-order valence-corrected chi connectivity index (χ3v) is 2.85. The summed E-state index contributed by atoms with van der Waals surface area (Å²) >= 11 is 0.647. The van der Waals surface area contributed by atoms with E-state index in [0.717, 1.165) is 18.2 Å². The minimum atomic E-state index is -4.30. The second-order valence-electron chi connectivity index (χ2n) is 3.16. The average Bonchev–Trinajstić information content (AvgIpc) is 2.18. The molecule has 0 aromatic heterocycles. The average molecular weight is 268 g/mol. The number of halogens is 4. The Morgan fingerprint density at radius 3 is 2.53 bits per heavy atom. The largest absolute Gasteiger partial charge is 0.478 e. The fourth-order valence-corrected chi connectivity index (χ4v) is 1.99. The Balaban J connectivity index is 2.70. The lowest BCUT2D eigenvalue weighted by Gasteiger charge is -2.07. The van der Waals surface area contributed by atoms with Crippen molar-refractivity contribution in [1.29, 1.82) is 0 Å². The van der Waals surface area contributed by atoms with Gasteiger partial charge < -0.3 is 5.11 Å². The van der Waals surface area contributed by atoms with E-state index in [0.29, 0.717) is 11.8 Å². The van der Waals surface area contributed by atoms with Gasteiger partial charge >= 0.3 is 12.1 Å². The number of hydrogen-bond donors (Lipinski definition) is 1. The number of thioether (sulfide) groups is 1. The van der Waals surface area contributed by atoms with Crippen LogP contribution in [0.1, 0.15) is 16.8 Å². The van der Waals surface area contributed by atoms with Gasteiger partial charge in [-0.15, -0.1) is 11.8 Å². The lowest BCUT2D eigenvalue weighted by atomic mass is 10.2. The zero-order valence-electron chi connectivity index (χ0n) is 8.42.